The Labute approximate surface area is 143 Å². The monoisotopic (exact) mass is 401 g/mol. The van der Waals surface area contributed by atoms with E-state index in [0.717, 1.165) is 6.07 Å². The fourth-order valence-electron chi connectivity index (χ4n) is 1.87. The smallest absolute Gasteiger partial charge is 0.351 e. The number of halogens is 4. The zero-order valence-corrected chi connectivity index (χ0v) is 13.5. The summed E-state index contributed by atoms with van der Waals surface area (Å²) in [6.07, 6.45) is -4.54. The van der Waals surface area contributed by atoms with Crippen molar-refractivity contribution in [1.82, 2.24) is 0 Å². The minimum Gasteiger partial charge on any atom is -0.351 e. The third-order valence-electron chi connectivity index (χ3n) is 2.94. The van der Waals surface area contributed by atoms with Crippen LogP contribution in [0.25, 0.3) is 0 Å². The van der Waals surface area contributed by atoms with E-state index in [4.69, 9.17) is 5.73 Å². The Morgan fingerprint density at radius 1 is 0.958 bits per heavy atom. The first-order chi connectivity index (χ1) is 11.2. The highest BCUT2D eigenvalue weighted by Crippen LogP contribution is 2.36. The Hall–Kier alpha value is -2.55. The van der Waals surface area contributed by atoms with E-state index in [0.29, 0.717) is 5.69 Å². The lowest BCUT2D eigenvalue weighted by atomic mass is 10.1. The molecular formula is C15H11BrF3N3O2. The maximum Gasteiger partial charge on any atom is 0.417 e. The molecule has 0 aromatic heterocycles. The second-order valence-electron chi connectivity index (χ2n) is 4.71. The van der Waals surface area contributed by atoms with Crippen LogP contribution in [-0.2, 0) is 6.18 Å². The van der Waals surface area contributed by atoms with Gasteiger partial charge in [-0.2, -0.15) is 13.2 Å². The van der Waals surface area contributed by atoms with Crippen LogP contribution >= 0.6 is 15.9 Å². The van der Waals surface area contributed by atoms with Crippen LogP contribution in [0.5, 0.6) is 0 Å². The second-order valence-corrected chi connectivity index (χ2v) is 5.57. The summed E-state index contributed by atoms with van der Waals surface area (Å²) in [6.45, 7) is 0. The van der Waals surface area contributed by atoms with Crippen molar-refractivity contribution >= 4 is 39.2 Å². The standard InChI is InChI=1S/C15H11BrF3N3O2/c16-12-6-5-10(7-11(12)15(17,18)19)21-13(23)8-1-3-9(4-2-8)22-14(20)24/h1-7H,(H,21,23)(H3,20,22,24). The molecule has 126 valence electrons. The Balaban J connectivity index is 2.16. The highest BCUT2D eigenvalue weighted by atomic mass is 79.9. The number of nitrogens with two attached hydrogens (primary N) is 1. The summed E-state index contributed by atoms with van der Waals surface area (Å²) >= 11 is 2.83. The summed E-state index contributed by atoms with van der Waals surface area (Å²) in [5.41, 5.74) is 4.68. The van der Waals surface area contributed by atoms with Gasteiger partial charge in [0.05, 0.1) is 5.56 Å². The van der Waals surface area contributed by atoms with Gasteiger partial charge >= 0.3 is 12.2 Å². The molecule has 0 saturated heterocycles. The molecule has 0 aliphatic heterocycles. The quantitative estimate of drug-likeness (QED) is 0.719. The summed E-state index contributed by atoms with van der Waals surface area (Å²) in [4.78, 5) is 22.8. The first-order valence-electron chi connectivity index (χ1n) is 6.51. The molecule has 0 spiro atoms. The molecule has 0 fully saturated rings. The SMILES string of the molecule is NC(=O)Nc1ccc(C(=O)Nc2ccc(Br)c(C(F)(F)F)c2)cc1. The molecule has 0 saturated carbocycles. The lowest BCUT2D eigenvalue weighted by Crippen LogP contribution is -2.19. The van der Waals surface area contributed by atoms with E-state index in [2.05, 4.69) is 26.6 Å². The molecule has 2 aromatic carbocycles. The Morgan fingerprint density at radius 3 is 2.08 bits per heavy atom. The van der Waals surface area contributed by atoms with E-state index in [1.54, 1.807) is 0 Å². The summed E-state index contributed by atoms with van der Waals surface area (Å²) in [6, 6.07) is 8.35. The van der Waals surface area contributed by atoms with Crippen molar-refractivity contribution < 1.29 is 22.8 Å². The van der Waals surface area contributed by atoms with E-state index in [9.17, 15) is 22.8 Å². The molecule has 0 unspecified atom stereocenters. The Bertz CT molecular complexity index is 777. The van der Waals surface area contributed by atoms with Crippen LogP contribution in [0.4, 0.5) is 29.3 Å². The minimum atomic E-state index is -4.54. The molecule has 0 radical (unpaired) electrons. The van der Waals surface area contributed by atoms with Gasteiger partial charge in [-0.3, -0.25) is 4.79 Å². The molecule has 4 N–H and O–H groups in total. The number of alkyl halides is 3. The number of amides is 3. The predicted molar refractivity (Wildman–Crippen MR) is 86.7 cm³/mol. The summed E-state index contributed by atoms with van der Waals surface area (Å²) < 4.78 is 38.4. The van der Waals surface area contributed by atoms with Gasteiger partial charge < -0.3 is 16.4 Å². The minimum absolute atomic E-state index is 0.00913. The second kappa shape index (κ2) is 6.91. The molecule has 2 aromatic rings. The van der Waals surface area contributed by atoms with Gasteiger partial charge in [0.2, 0.25) is 0 Å². The van der Waals surface area contributed by atoms with Gasteiger partial charge in [0.1, 0.15) is 0 Å². The summed E-state index contributed by atoms with van der Waals surface area (Å²) in [5, 5.41) is 4.71. The van der Waals surface area contributed by atoms with Crippen molar-refractivity contribution in [2.45, 2.75) is 6.18 Å². The third-order valence-corrected chi connectivity index (χ3v) is 3.64. The number of anilines is 2. The number of hydrogen-bond acceptors (Lipinski definition) is 2. The number of carbonyl (C=O) groups is 2. The van der Waals surface area contributed by atoms with Crippen molar-refractivity contribution in [3.63, 3.8) is 0 Å². The lowest BCUT2D eigenvalue weighted by molar-refractivity contribution is -0.138. The summed E-state index contributed by atoms with van der Waals surface area (Å²) in [5.74, 6) is -0.587. The van der Waals surface area contributed by atoms with Crippen molar-refractivity contribution in [1.29, 1.82) is 0 Å². The number of hydrogen-bond donors (Lipinski definition) is 3. The number of urea groups is 1. The van der Waals surface area contributed by atoms with Crippen molar-refractivity contribution in [3.05, 3.63) is 58.1 Å². The first-order valence-corrected chi connectivity index (χ1v) is 7.31. The van der Waals surface area contributed by atoms with E-state index >= 15 is 0 Å². The van der Waals surface area contributed by atoms with E-state index in [-0.39, 0.29) is 15.7 Å². The molecule has 0 aliphatic carbocycles. The number of primary amides is 1. The van der Waals surface area contributed by atoms with Crippen molar-refractivity contribution in [3.8, 4) is 0 Å². The van der Waals surface area contributed by atoms with E-state index in [1.807, 2.05) is 0 Å². The fourth-order valence-corrected chi connectivity index (χ4v) is 2.34. The van der Waals surface area contributed by atoms with Crippen LogP contribution in [0.3, 0.4) is 0 Å². The van der Waals surface area contributed by atoms with Crippen LogP contribution in [0.1, 0.15) is 15.9 Å². The Morgan fingerprint density at radius 2 is 1.54 bits per heavy atom. The number of nitrogens with one attached hydrogen (secondary N) is 2. The predicted octanol–water partition coefficient (Wildman–Crippen LogP) is 4.21. The van der Waals surface area contributed by atoms with E-state index in [1.165, 1.54) is 36.4 Å². The fraction of sp³-hybridized carbons (Fsp3) is 0.0667. The number of carbonyl (C=O) groups excluding carboxylic acids is 2. The van der Waals surface area contributed by atoms with Crippen LogP contribution < -0.4 is 16.4 Å². The lowest BCUT2D eigenvalue weighted by Gasteiger charge is -2.12. The van der Waals surface area contributed by atoms with Crippen LogP contribution in [0.2, 0.25) is 0 Å². The first kappa shape index (κ1) is 17.8. The highest BCUT2D eigenvalue weighted by Gasteiger charge is 2.33. The Kier molecular flexibility index (Phi) is 5.13. The number of rotatable bonds is 3. The molecule has 2 rings (SSSR count). The van der Waals surface area contributed by atoms with Crippen molar-refractivity contribution in [2.75, 3.05) is 10.6 Å². The van der Waals surface area contributed by atoms with Crippen LogP contribution in [-0.4, -0.2) is 11.9 Å². The molecule has 3 amide bonds. The molecule has 0 aliphatic rings. The zero-order valence-electron chi connectivity index (χ0n) is 11.9. The maximum atomic E-state index is 12.9. The largest absolute Gasteiger partial charge is 0.417 e. The molecule has 9 heteroatoms. The third kappa shape index (κ3) is 4.48. The number of benzene rings is 2. The van der Waals surface area contributed by atoms with Gasteiger partial charge in [-0.1, -0.05) is 15.9 Å². The van der Waals surface area contributed by atoms with Gasteiger partial charge in [-0.25, -0.2) is 4.79 Å². The topological polar surface area (TPSA) is 84.2 Å². The van der Waals surface area contributed by atoms with Crippen LogP contribution in [0.15, 0.2) is 46.9 Å². The molecular weight excluding hydrogens is 391 g/mol. The average Bonchev–Trinajstić information content (AvgIpc) is 2.48. The maximum absolute atomic E-state index is 12.9. The van der Waals surface area contributed by atoms with Gasteiger partial charge in [-0.05, 0) is 42.5 Å². The normalized spacial score (nSPS) is 11.0. The molecule has 5 nitrogen and oxygen atoms in total. The van der Waals surface area contributed by atoms with Crippen molar-refractivity contribution in [2.24, 2.45) is 5.73 Å². The van der Waals surface area contributed by atoms with Gasteiger partial charge in [0.15, 0.2) is 0 Å². The molecule has 0 heterocycles. The molecule has 0 bridgehead atoms. The molecule has 0 atom stereocenters. The van der Waals surface area contributed by atoms with E-state index < -0.39 is 23.7 Å². The van der Waals surface area contributed by atoms with Gasteiger partial charge in [-0.15, -0.1) is 0 Å². The average molecular weight is 402 g/mol. The van der Waals surface area contributed by atoms with Crippen LogP contribution in [0, 0.1) is 0 Å². The highest BCUT2D eigenvalue weighted by molar-refractivity contribution is 9.10. The van der Waals surface area contributed by atoms with Gasteiger partial charge in [0, 0.05) is 21.4 Å². The zero-order chi connectivity index (χ0) is 17.9. The molecule has 24 heavy (non-hydrogen) atoms. The van der Waals surface area contributed by atoms with Gasteiger partial charge in [0.25, 0.3) is 5.91 Å². The summed E-state index contributed by atoms with van der Waals surface area (Å²) in [7, 11) is 0.